The summed E-state index contributed by atoms with van der Waals surface area (Å²) in [5.41, 5.74) is 1.54. The number of hydrogen-bond acceptors (Lipinski definition) is 3. The third kappa shape index (κ3) is 5.89. The van der Waals surface area contributed by atoms with Crippen LogP contribution in [0.3, 0.4) is 0 Å². The maximum atomic E-state index is 12.7. The van der Waals surface area contributed by atoms with Crippen LogP contribution in [0.1, 0.15) is 61.6 Å². The van der Waals surface area contributed by atoms with Crippen molar-refractivity contribution in [3.05, 3.63) is 35.6 Å². The third-order valence-electron chi connectivity index (χ3n) is 4.47. The van der Waals surface area contributed by atoms with Crippen LogP contribution in [0.4, 0.5) is 0 Å². The Bertz CT molecular complexity index is 661. The molecule has 0 radical (unpaired) electrons. The number of nitrogens with one attached hydrogen (secondary N) is 1. The van der Waals surface area contributed by atoms with E-state index in [4.69, 9.17) is 4.42 Å². The molecule has 25 heavy (non-hydrogen) atoms. The Labute approximate surface area is 151 Å². The van der Waals surface area contributed by atoms with Gasteiger partial charge in [0.05, 0.1) is 5.56 Å². The number of nitrogens with zero attached hydrogens (tertiary/aromatic N) is 1. The van der Waals surface area contributed by atoms with Crippen LogP contribution in [-0.4, -0.2) is 38.0 Å². The Morgan fingerprint density at radius 1 is 1.08 bits per heavy atom. The number of para-hydroxylation sites is 1. The van der Waals surface area contributed by atoms with Crippen molar-refractivity contribution in [3.63, 3.8) is 0 Å². The zero-order valence-corrected chi connectivity index (χ0v) is 15.9. The maximum absolute atomic E-state index is 12.7. The van der Waals surface area contributed by atoms with Gasteiger partial charge >= 0.3 is 0 Å². The summed E-state index contributed by atoms with van der Waals surface area (Å²) in [6.07, 6.45) is 7.55. The van der Waals surface area contributed by atoms with Crippen LogP contribution in [0.15, 0.2) is 28.7 Å². The van der Waals surface area contributed by atoms with Crippen molar-refractivity contribution in [2.24, 2.45) is 0 Å². The van der Waals surface area contributed by atoms with Crippen LogP contribution in [-0.2, 0) is 6.42 Å². The van der Waals surface area contributed by atoms with Crippen molar-refractivity contribution in [3.8, 4) is 0 Å². The van der Waals surface area contributed by atoms with E-state index in [2.05, 4.69) is 31.2 Å². The first-order valence-corrected chi connectivity index (χ1v) is 9.56. The Morgan fingerprint density at radius 3 is 2.60 bits per heavy atom. The molecule has 0 fully saturated rings. The fraction of sp³-hybridized carbons (Fsp3) is 0.571. The number of furan rings is 1. The molecule has 1 aromatic carbocycles. The Hall–Kier alpha value is -1.81. The molecule has 0 spiro atoms. The van der Waals surface area contributed by atoms with Crippen molar-refractivity contribution < 1.29 is 9.21 Å². The highest BCUT2D eigenvalue weighted by Gasteiger charge is 2.19. The molecule has 138 valence electrons. The van der Waals surface area contributed by atoms with Gasteiger partial charge in [-0.15, -0.1) is 0 Å². The normalized spacial score (nSPS) is 11.4. The van der Waals surface area contributed by atoms with Gasteiger partial charge in [-0.05, 0) is 46.0 Å². The van der Waals surface area contributed by atoms with E-state index in [1.807, 2.05) is 24.3 Å². The quantitative estimate of drug-likeness (QED) is 0.605. The average molecular weight is 344 g/mol. The molecule has 1 amide bonds. The second-order valence-electron chi connectivity index (χ2n) is 6.97. The Balaban J connectivity index is 1.89. The SMILES string of the molecule is CCCCc1oc2ccccc2c1C(=O)NCCCCCCN(C)C. The van der Waals surface area contributed by atoms with Gasteiger partial charge in [0, 0.05) is 18.4 Å². The second-order valence-corrected chi connectivity index (χ2v) is 6.97. The minimum atomic E-state index is 0.00402. The van der Waals surface area contributed by atoms with Gasteiger partial charge in [0.1, 0.15) is 11.3 Å². The minimum absolute atomic E-state index is 0.00402. The lowest BCUT2D eigenvalue weighted by Gasteiger charge is -2.09. The van der Waals surface area contributed by atoms with Gasteiger partial charge < -0.3 is 14.6 Å². The molecule has 1 aromatic heterocycles. The Kier molecular flexibility index (Phi) is 7.99. The van der Waals surface area contributed by atoms with Crippen LogP contribution in [0.25, 0.3) is 11.0 Å². The number of unbranched alkanes of at least 4 members (excludes halogenated alkanes) is 4. The number of carbonyl (C=O) groups is 1. The van der Waals surface area contributed by atoms with Crippen molar-refractivity contribution >= 4 is 16.9 Å². The predicted molar refractivity (Wildman–Crippen MR) is 104 cm³/mol. The van der Waals surface area contributed by atoms with Gasteiger partial charge in [0.2, 0.25) is 0 Å². The van der Waals surface area contributed by atoms with Crippen molar-refractivity contribution in [1.82, 2.24) is 10.2 Å². The number of benzene rings is 1. The highest BCUT2D eigenvalue weighted by Crippen LogP contribution is 2.27. The first-order valence-electron chi connectivity index (χ1n) is 9.56. The molecule has 1 N–H and O–H groups in total. The molecule has 2 aromatic rings. The monoisotopic (exact) mass is 344 g/mol. The first-order chi connectivity index (χ1) is 12.1. The maximum Gasteiger partial charge on any atom is 0.255 e. The van der Waals surface area contributed by atoms with Gasteiger partial charge in [0.15, 0.2) is 0 Å². The van der Waals surface area contributed by atoms with Crippen LogP contribution in [0.5, 0.6) is 0 Å². The first kappa shape index (κ1) is 19.5. The fourth-order valence-electron chi connectivity index (χ4n) is 3.06. The van der Waals surface area contributed by atoms with E-state index in [1.54, 1.807) is 0 Å². The van der Waals surface area contributed by atoms with Crippen LogP contribution >= 0.6 is 0 Å². The van der Waals surface area contributed by atoms with Gasteiger partial charge in [-0.2, -0.15) is 0 Å². The fourth-order valence-corrected chi connectivity index (χ4v) is 3.06. The average Bonchev–Trinajstić information content (AvgIpc) is 2.97. The van der Waals surface area contributed by atoms with Crippen LogP contribution in [0.2, 0.25) is 0 Å². The third-order valence-corrected chi connectivity index (χ3v) is 4.47. The summed E-state index contributed by atoms with van der Waals surface area (Å²) in [6.45, 7) is 4.01. The second kappa shape index (κ2) is 10.2. The van der Waals surface area contributed by atoms with E-state index in [0.717, 1.165) is 67.5 Å². The summed E-state index contributed by atoms with van der Waals surface area (Å²) in [5.74, 6) is 0.830. The molecule has 4 nitrogen and oxygen atoms in total. The highest BCUT2D eigenvalue weighted by molar-refractivity contribution is 6.07. The largest absolute Gasteiger partial charge is 0.460 e. The summed E-state index contributed by atoms with van der Waals surface area (Å²) in [5, 5.41) is 4.01. The summed E-state index contributed by atoms with van der Waals surface area (Å²) in [7, 11) is 4.21. The van der Waals surface area contributed by atoms with E-state index < -0.39 is 0 Å². The number of amides is 1. The number of carbonyl (C=O) groups excluding carboxylic acids is 1. The molecule has 0 unspecified atom stereocenters. The predicted octanol–water partition coefficient (Wildman–Crippen LogP) is 4.63. The molecule has 0 saturated heterocycles. The van der Waals surface area contributed by atoms with Crippen LogP contribution in [0, 0.1) is 0 Å². The highest BCUT2D eigenvalue weighted by atomic mass is 16.3. The number of rotatable bonds is 11. The van der Waals surface area contributed by atoms with E-state index in [9.17, 15) is 4.79 Å². The molecule has 0 aliphatic carbocycles. The molecule has 1 heterocycles. The molecular formula is C21H32N2O2. The molecule has 0 aliphatic rings. The van der Waals surface area contributed by atoms with Crippen molar-refractivity contribution in [2.45, 2.75) is 51.9 Å². The van der Waals surface area contributed by atoms with Gasteiger partial charge in [-0.1, -0.05) is 44.4 Å². The number of aryl methyl sites for hydroxylation is 1. The van der Waals surface area contributed by atoms with Crippen molar-refractivity contribution in [2.75, 3.05) is 27.2 Å². The molecular weight excluding hydrogens is 312 g/mol. The van der Waals surface area contributed by atoms with E-state index in [1.165, 1.54) is 12.8 Å². The molecule has 0 aliphatic heterocycles. The summed E-state index contributed by atoms with van der Waals surface area (Å²) < 4.78 is 5.94. The lowest BCUT2D eigenvalue weighted by molar-refractivity contribution is 0.0952. The van der Waals surface area contributed by atoms with Gasteiger partial charge in [-0.25, -0.2) is 0 Å². The molecule has 0 atom stereocenters. The zero-order valence-electron chi connectivity index (χ0n) is 15.9. The van der Waals surface area contributed by atoms with Gasteiger partial charge in [-0.3, -0.25) is 4.79 Å². The smallest absolute Gasteiger partial charge is 0.255 e. The number of hydrogen-bond donors (Lipinski definition) is 1. The topological polar surface area (TPSA) is 45.5 Å². The summed E-state index contributed by atoms with van der Waals surface area (Å²) in [6, 6.07) is 7.82. The molecule has 4 heteroatoms. The van der Waals surface area contributed by atoms with Gasteiger partial charge in [0.25, 0.3) is 5.91 Å². The van der Waals surface area contributed by atoms with Crippen LogP contribution < -0.4 is 5.32 Å². The summed E-state index contributed by atoms with van der Waals surface area (Å²) >= 11 is 0. The number of fused-ring (bicyclic) bond motifs is 1. The van der Waals surface area contributed by atoms with E-state index >= 15 is 0 Å². The Morgan fingerprint density at radius 2 is 1.84 bits per heavy atom. The molecule has 0 saturated carbocycles. The lowest BCUT2D eigenvalue weighted by Crippen LogP contribution is -2.25. The van der Waals surface area contributed by atoms with E-state index in [0.29, 0.717) is 0 Å². The molecule has 2 rings (SSSR count). The van der Waals surface area contributed by atoms with E-state index in [-0.39, 0.29) is 5.91 Å². The minimum Gasteiger partial charge on any atom is -0.460 e. The molecule has 0 bridgehead atoms. The lowest BCUT2D eigenvalue weighted by atomic mass is 10.1. The zero-order chi connectivity index (χ0) is 18.1. The standard InChI is InChI=1S/C21H32N2O2/c1-4-5-13-19-20(17-12-8-9-14-18(17)25-19)21(24)22-15-10-6-7-11-16-23(2)3/h8-9,12,14H,4-7,10-11,13,15-16H2,1-3H3,(H,22,24). The van der Waals surface area contributed by atoms with Crippen molar-refractivity contribution in [1.29, 1.82) is 0 Å². The summed E-state index contributed by atoms with van der Waals surface area (Å²) in [4.78, 5) is 14.9.